The fourth-order valence-electron chi connectivity index (χ4n) is 4.82. The van der Waals surface area contributed by atoms with Gasteiger partial charge in [0.05, 0.1) is 0 Å². The fourth-order valence-corrected chi connectivity index (χ4v) is 4.82. The molecule has 0 bridgehead atoms. The van der Waals surface area contributed by atoms with Crippen molar-refractivity contribution in [1.29, 1.82) is 0 Å². The number of aliphatic hydroxyl groups excluding tert-OH is 1. The molecule has 2 heteroatoms. The molecule has 0 radical (unpaired) electrons. The highest BCUT2D eigenvalue weighted by Gasteiger charge is 1.98. The van der Waals surface area contributed by atoms with Crippen molar-refractivity contribution in [2.24, 2.45) is 0 Å². The van der Waals surface area contributed by atoms with Crippen LogP contribution in [0.5, 0.6) is 0 Å². The number of aliphatic hydroxyl groups is 2. The molecule has 0 aliphatic carbocycles. The maximum absolute atomic E-state index is 8.80. The molecule has 0 aliphatic heterocycles. The molecule has 0 aromatic carbocycles. The van der Waals surface area contributed by atoms with Gasteiger partial charge in [0, 0.05) is 0 Å². The molecular weight excluding hydrogens is 392 g/mol. The van der Waals surface area contributed by atoms with Crippen LogP contribution in [0.15, 0.2) is 0 Å². The van der Waals surface area contributed by atoms with Gasteiger partial charge in [-0.05, 0) is 12.8 Å². The van der Waals surface area contributed by atoms with Gasteiger partial charge in [0.2, 0.25) is 0 Å². The van der Waals surface area contributed by atoms with Crippen LogP contribution in [0.3, 0.4) is 0 Å². The summed E-state index contributed by atoms with van der Waals surface area (Å²) >= 11 is 0. The molecule has 0 unspecified atom stereocenters. The lowest BCUT2D eigenvalue weighted by Crippen LogP contribution is -2.02. The van der Waals surface area contributed by atoms with Crippen molar-refractivity contribution >= 4 is 0 Å². The molecule has 0 atom stereocenters. The van der Waals surface area contributed by atoms with Crippen LogP contribution in [0.4, 0.5) is 0 Å². The summed E-state index contributed by atoms with van der Waals surface area (Å²) in [6.45, 7) is 2.30. The zero-order valence-corrected chi connectivity index (χ0v) is 22.3. The van der Waals surface area contributed by atoms with E-state index in [-0.39, 0.29) is 0 Å². The first kappa shape index (κ1) is 31.9. The Labute approximate surface area is 203 Å². The van der Waals surface area contributed by atoms with Gasteiger partial charge in [0.15, 0.2) is 6.29 Å². The molecule has 0 rings (SSSR count). The third kappa shape index (κ3) is 29.9. The standard InChI is InChI=1S/C30H62O2/c1-2-3-4-5-6-7-8-9-10-11-12-13-14-15-16-17-18-19-20-21-22-23-24-25-26-27-28-29-30(31)32/h30-32H,2-29H2,1H3. The van der Waals surface area contributed by atoms with Crippen molar-refractivity contribution in [1.82, 2.24) is 0 Å². The average Bonchev–Trinajstić information content (AvgIpc) is 2.78. The van der Waals surface area contributed by atoms with Crippen molar-refractivity contribution in [2.45, 2.75) is 193 Å². The Morgan fingerprint density at radius 2 is 0.500 bits per heavy atom. The monoisotopic (exact) mass is 454 g/mol. The van der Waals surface area contributed by atoms with E-state index < -0.39 is 6.29 Å². The smallest absolute Gasteiger partial charge is 0.151 e. The second-order valence-electron chi connectivity index (χ2n) is 10.5. The van der Waals surface area contributed by atoms with Crippen LogP contribution in [0.1, 0.15) is 187 Å². The number of unbranched alkanes of at least 4 members (excludes halogenated alkanes) is 26. The van der Waals surface area contributed by atoms with Crippen LogP contribution < -0.4 is 0 Å². The van der Waals surface area contributed by atoms with Crippen molar-refractivity contribution in [3.05, 3.63) is 0 Å². The predicted molar refractivity (Wildman–Crippen MR) is 143 cm³/mol. The molecule has 0 saturated heterocycles. The minimum Gasteiger partial charge on any atom is -0.368 e. The lowest BCUT2D eigenvalue weighted by atomic mass is 10.0. The molecule has 0 saturated carbocycles. The molecule has 2 nitrogen and oxygen atoms in total. The topological polar surface area (TPSA) is 40.5 Å². The van der Waals surface area contributed by atoms with Gasteiger partial charge in [-0.15, -0.1) is 0 Å². The first-order valence-corrected chi connectivity index (χ1v) is 15.1. The molecule has 0 aromatic rings. The van der Waals surface area contributed by atoms with Crippen molar-refractivity contribution in [3.8, 4) is 0 Å². The molecule has 32 heavy (non-hydrogen) atoms. The van der Waals surface area contributed by atoms with Crippen molar-refractivity contribution < 1.29 is 10.2 Å². The highest BCUT2D eigenvalue weighted by molar-refractivity contribution is 4.52. The van der Waals surface area contributed by atoms with Gasteiger partial charge in [0.25, 0.3) is 0 Å². The summed E-state index contributed by atoms with van der Waals surface area (Å²) in [7, 11) is 0. The lowest BCUT2D eigenvalue weighted by molar-refractivity contribution is -0.0466. The van der Waals surface area contributed by atoms with E-state index in [9.17, 15) is 0 Å². The second-order valence-corrected chi connectivity index (χ2v) is 10.5. The first-order chi connectivity index (χ1) is 15.8. The summed E-state index contributed by atoms with van der Waals surface area (Å²) in [5.41, 5.74) is 0. The maximum atomic E-state index is 8.80. The van der Waals surface area contributed by atoms with Crippen molar-refractivity contribution in [2.75, 3.05) is 0 Å². The minimum atomic E-state index is -1.10. The quantitative estimate of drug-likeness (QED) is 0.0911. The Kier molecular flexibility index (Phi) is 28.9. The number of rotatable bonds is 28. The Hall–Kier alpha value is -0.0800. The summed E-state index contributed by atoms with van der Waals surface area (Å²) in [5.74, 6) is 0. The maximum Gasteiger partial charge on any atom is 0.151 e. The van der Waals surface area contributed by atoms with Gasteiger partial charge in [-0.25, -0.2) is 0 Å². The molecule has 2 N–H and O–H groups in total. The van der Waals surface area contributed by atoms with Crippen LogP contribution in [-0.4, -0.2) is 16.5 Å². The first-order valence-electron chi connectivity index (χ1n) is 15.1. The summed E-state index contributed by atoms with van der Waals surface area (Å²) in [5, 5.41) is 17.6. The van der Waals surface area contributed by atoms with Crippen LogP contribution in [-0.2, 0) is 0 Å². The van der Waals surface area contributed by atoms with E-state index in [1.54, 1.807) is 0 Å². The minimum absolute atomic E-state index is 0.541. The van der Waals surface area contributed by atoms with E-state index >= 15 is 0 Å². The zero-order valence-electron chi connectivity index (χ0n) is 22.3. The molecule has 194 valence electrons. The average molecular weight is 455 g/mol. The van der Waals surface area contributed by atoms with Gasteiger partial charge in [-0.1, -0.05) is 174 Å². The summed E-state index contributed by atoms with van der Waals surface area (Å²) in [6.07, 6.45) is 37.4. The normalized spacial score (nSPS) is 11.6. The molecule has 0 fully saturated rings. The van der Waals surface area contributed by atoms with E-state index in [1.807, 2.05) is 0 Å². The van der Waals surface area contributed by atoms with Crippen LogP contribution >= 0.6 is 0 Å². The van der Waals surface area contributed by atoms with Gasteiger partial charge in [0.1, 0.15) is 0 Å². The van der Waals surface area contributed by atoms with E-state index in [0.29, 0.717) is 6.42 Å². The van der Waals surface area contributed by atoms with Gasteiger partial charge >= 0.3 is 0 Å². The Morgan fingerprint density at radius 3 is 0.688 bits per heavy atom. The summed E-state index contributed by atoms with van der Waals surface area (Å²) in [6, 6.07) is 0. The number of hydrogen-bond donors (Lipinski definition) is 2. The molecule has 0 aliphatic rings. The molecule has 0 spiro atoms. The third-order valence-corrected chi connectivity index (χ3v) is 7.07. The predicted octanol–water partition coefficient (Wildman–Crippen LogP) is 10.2. The highest BCUT2D eigenvalue weighted by atomic mass is 16.5. The summed E-state index contributed by atoms with van der Waals surface area (Å²) in [4.78, 5) is 0. The third-order valence-electron chi connectivity index (χ3n) is 7.07. The largest absolute Gasteiger partial charge is 0.368 e. The van der Waals surface area contributed by atoms with E-state index in [2.05, 4.69) is 6.92 Å². The fraction of sp³-hybridized carbons (Fsp3) is 1.00. The van der Waals surface area contributed by atoms with Gasteiger partial charge in [-0.2, -0.15) is 0 Å². The Morgan fingerprint density at radius 1 is 0.312 bits per heavy atom. The van der Waals surface area contributed by atoms with Crippen LogP contribution in [0.2, 0.25) is 0 Å². The van der Waals surface area contributed by atoms with E-state index in [4.69, 9.17) is 10.2 Å². The number of hydrogen-bond acceptors (Lipinski definition) is 2. The molecule has 0 aromatic heterocycles. The highest BCUT2D eigenvalue weighted by Crippen LogP contribution is 2.16. The second kappa shape index (κ2) is 29.0. The van der Waals surface area contributed by atoms with Crippen LogP contribution in [0.25, 0.3) is 0 Å². The molecule has 0 heterocycles. The summed E-state index contributed by atoms with van der Waals surface area (Å²) < 4.78 is 0. The van der Waals surface area contributed by atoms with E-state index in [0.717, 1.165) is 12.8 Å². The Bertz CT molecular complexity index is 316. The zero-order chi connectivity index (χ0) is 23.4. The van der Waals surface area contributed by atoms with Gasteiger partial charge < -0.3 is 10.2 Å². The lowest BCUT2D eigenvalue weighted by Gasteiger charge is -2.05. The molecular formula is C30H62O2. The van der Waals surface area contributed by atoms with Gasteiger partial charge in [-0.3, -0.25) is 0 Å². The SMILES string of the molecule is CCCCCCCCCCCCCCCCCCCCCCCCCCCCCC(O)O. The van der Waals surface area contributed by atoms with Crippen molar-refractivity contribution in [3.63, 3.8) is 0 Å². The van der Waals surface area contributed by atoms with E-state index in [1.165, 1.54) is 161 Å². The molecule has 0 amide bonds. The Balaban J connectivity index is 3.00. The van der Waals surface area contributed by atoms with Crippen LogP contribution in [0, 0.1) is 0 Å².